The summed E-state index contributed by atoms with van der Waals surface area (Å²) in [6.45, 7) is 2.30. The number of amides is 3. The highest BCUT2D eigenvalue weighted by Gasteiger charge is 2.72. The number of rotatable bonds is 7. The van der Waals surface area contributed by atoms with Gasteiger partial charge < -0.3 is 25.0 Å². The summed E-state index contributed by atoms with van der Waals surface area (Å²) >= 11 is 6.49. The highest BCUT2D eigenvalue weighted by Crippen LogP contribution is 2.55. The summed E-state index contributed by atoms with van der Waals surface area (Å²) in [6.07, 6.45) is 7.21. The molecule has 6 rings (SSSR count). The largest absolute Gasteiger partial charge is 0.497 e. The number of halogens is 1. The van der Waals surface area contributed by atoms with E-state index in [0.717, 1.165) is 31.2 Å². The van der Waals surface area contributed by atoms with Gasteiger partial charge >= 0.3 is 0 Å². The zero-order valence-electron chi connectivity index (χ0n) is 22.6. The maximum atomic E-state index is 14.2. The van der Waals surface area contributed by atoms with E-state index in [1.54, 1.807) is 42.3 Å². The van der Waals surface area contributed by atoms with E-state index in [4.69, 9.17) is 21.1 Å². The lowest BCUT2D eigenvalue weighted by Gasteiger charge is -2.36. The summed E-state index contributed by atoms with van der Waals surface area (Å²) in [5.41, 5.74) is 0.0548. The first-order chi connectivity index (χ1) is 19.3. The van der Waals surface area contributed by atoms with Crippen molar-refractivity contribution in [2.45, 2.75) is 62.9 Å². The number of carbonyl (C=O) groups excluding carboxylic acids is 3. The van der Waals surface area contributed by atoms with Crippen molar-refractivity contribution in [3.05, 3.63) is 71.3 Å². The van der Waals surface area contributed by atoms with Crippen molar-refractivity contribution in [2.24, 2.45) is 17.8 Å². The summed E-state index contributed by atoms with van der Waals surface area (Å²) in [5, 5.41) is 6.70. The molecule has 1 aliphatic carbocycles. The van der Waals surface area contributed by atoms with Crippen molar-refractivity contribution in [2.75, 3.05) is 12.4 Å². The van der Waals surface area contributed by atoms with Gasteiger partial charge in [-0.1, -0.05) is 67.8 Å². The molecule has 3 fully saturated rings. The van der Waals surface area contributed by atoms with E-state index in [-0.39, 0.29) is 30.3 Å². The molecule has 40 heavy (non-hydrogen) atoms. The Bertz CT molecular complexity index is 1360. The van der Waals surface area contributed by atoms with Crippen LogP contribution in [0.5, 0.6) is 5.75 Å². The molecule has 8 nitrogen and oxygen atoms in total. The van der Waals surface area contributed by atoms with Crippen LogP contribution in [0.15, 0.2) is 60.7 Å². The molecule has 0 aromatic heterocycles. The van der Waals surface area contributed by atoms with Gasteiger partial charge in [0.25, 0.3) is 0 Å². The van der Waals surface area contributed by atoms with Crippen LogP contribution in [0.2, 0.25) is 5.02 Å². The average molecular weight is 564 g/mol. The molecule has 0 radical (unpaired) electrons. The van der Waals surface area contributed by atoms with Crippen molar-refractivity contribution in [3.63, 3.8) is 0 Å². The maximum Gasteiger partial charge on any atom is 0.246 e. The molecule has 7 atom stereocenters. The Morgan fingerprint density at radius 1 is 1.12 bits per heavy atom. The molecule has 2 aromatic carbocycles. The van der Waals surface area contributed by atoms with E-state index >= 15 is 0 Å². The lowest BCUT2D eigenvalue weighted by atomic mass is 9.74. The third kappa shape index (κ3) is 4.47. The van der Waals surface area contributed by atoms with Gasteiger partial charge in [0, 0.05) is 29.4 Å². The van der Waals surface area contributed by atoms with Crippen molar-refractivity contribution < 1.29 is 23.9 Å². The van der Waals surface area contributed by atoms with Gasteiger partial charge in [-0.2, -0.15) is 0 Å². The summed E-state index contributed by atoms with van der Waals surface area (Å²) in [5.74, 6) is -1.54. The molecule has 1 spiro atoms. The van der Waals surface area contributed by atoms with Gasteiger partial charge in [0.1, 0.15) is 17.4 Å². The minimum absolute atomic E-state index is 0.0312. The second kappa shape index (κ2) is 10.6. The lowest BCUT2D eigenvalue weighted by Crippen LogP contribution is -2.57. The fraction of sp³-hybridized carbons (Fsp3) is 0.452. The molecule has 3 amide bonds. The van der Waals surface area contributed by atoms with Crippen molar-refractivity contribution in [1.29, 1.82) is 0 Å². The summed E-state index contributed by atoms with van der Waals surface area (Å²) in [7, 11) is 1.56. The van der Waals surface area contributed by atoms with Crippen LogP contribution in [0, 0.1) is 17.8 Å². The predicted octanol–water partition coefficient (Wildman–Crippen LogP) is 4.33. The van der Waals surface area contributed by atoms with Crippen LogP contribution in [-0.2, 0) is 25.7 Å². The average Bonchev–Trinajstić information content (AvgIpc) is 3.59. The number of hydrogen-bond acceptors (Lipinski definition) is 5. The SMILES string of the molecule is COc1cccc(NC(=O)C2C3C=CC4(O3)C2C(=O)N(Cc2ccccc2Cl)C4C(=O)NC2CCCCC2C)c1. The van der Waals surface area contributed by atoms with Gasteiger partial charge in [-0.25, -0.2) is 0 Å². The standard InChI is InChI=1S/C31H34ClN3O5/c1-18-8-3-6-13-23(18)34-29(37)27-31-15-14-24(40-31)25(28(36)33-20-10-7-11-21(16-20)39-2)26(31)30(38)35(27)17-19-9-4-5-12-22(19)32/h4-5,7,9-12,14-16,18,23-27H,3,6,8,13,17H2,1-2H3,(H,33,36)(H,34,37). The lowest BCUT2D eigenvalue weighted by molar-refractivity contribution is -0.142. The van der Waals surface area contributed by atoms with Gasteiger partial charge in [0.05, 0.1) is 25.0 Å². The number of benzene rings is 2. The van der Waals surface area contributed by atoms with Crippen LogP contribution in [0.3, 0.4) is 0 Å². The monoisotopic (exact) mass is 563 g/mol. The third-order valence-electron chi connectivity index (χ3n) is 9.00. The molecule has 3 heterocycles. The number of ether oxygens (including phenoxy) is 2. The number of anilines is 1. The van der Waals surface area contributed by atoms with E-state index in [2.05, 4.69) is 17.6 Å². The molecule has 1 saturated carbocycles. The molecule has 9 heteroatoms. The summed E-state index contributed by atoms with van der Waals surface area (Å²) < 4.78 is 11.7. The zero-order valence-corrected chi connectivity index (χ0v) is 23.4. The Balaban J connectivity index is 1.33. The molecule has 7 unspecified atom stereocenters. The Labute approximate surface area is 239 Å². The highest BCUT2D eigenvalue weighted by atomic mass is 35.5. The topological polar surface area (TPSA) is 97.0 Å². The number of nitrogens with one attached hydrogen (secondary N) is 2. The van der Waals surface area contributed by atoms with Crippen molar-refractivity contribution >= 4 is 35.0 Å². The molecule has 2 N–H and O–H groups in total. The van der Waals surface area contributed by atoms with Crippen LogP contribution in [0.25, 0.3) is 0 Å². The van der Waals surface area contributed by atoms with Crippen LogP contribution < -0.4 is 15.4 Å². The molecule has 3 aliphatic heterocycles. The minimum Gasteiger partial charge on any atom is -0.497 e. The van der Waals surface area contributed by atoms with E-state index < -0.39 is 29.6 Å². The number of fused-ring (bicyclic) bond motifs is 1. The van der Waals surface area contributed by atoms with Crippen molar-refractivity contribution in [1.82, 2.24) is 10.2 Å². The first-order valence-corrected chi connectivity index (χ1v) is 14.4. The number of hydrogen-bond donors (Lipinski definition) is 2. The third-order valence-corrected chi connectivity index (χ3v) is 9.37. The van der Waals surface area contributed by atoms with Gasteiger partial charge in [0.15, 0.2) is 0 Å². The molecule has 2 saturated heterocycles. The Morgan fingerprint density at radius 3 is 2.70 bits per heavy atom. The Kier molecular flexibility index (Phi) is 7.09. The van der Waals surface area contributed by atoms with Crippen LogP contribution in [-0.4, -0.2) is 53.5 Å². The first kappa shape index (κ1) is 26.8. The van der Waals surface area contributed by atoms with Crippen LogP contribution in [0.1, 0.15) is 38.2 Å². The van der Waals surface area contributed by atoms with Gasteiger partial charge in [-0.15, -0.1) is 0 Å². The minimum atomic E-state index is -1.23. The normalized spacial score (nSPS) is 32.2. The molecular weight excluding hydrogens is 530 g/mol. The second-order valence-corrected chi connectivity index (χ2v) is 11.8. The number of carbonyl (C=O) groups is 3. The molecule has 2 bridgehead atoms. The number of likely N-dealkylation sites (tertiary alicyclic amines) is 1. The fourth-order valence-corrected chi connectivity index (χ4v) is 7.16. The van der Waals surface area contributed by atoms with Gasteiger partial charge in [-0.05, 0) is 42.5 Å². The number of nitrogens with zero attached hydrogens (tertiary/aromatic N) is 1. The van der Waals surface area contributed by atoms with Crippen LogP contribution >= 0.6 is 11.6 Å². The second-order valence-electron chi connectivity index (χ2n) is 11.4. The first-order valence-electron chi connectivity index (χ1n) is 14.0. The van der Waals surface area contributed by atoms with E-state index in [0.29, 0.717) is 22.4 Å². The highest BCUT2D eigenvalue weighted by molar-refractivity contribution is 6.31. The van der Waals surface area contributed by atoms with Gasteiger partial charge in [0.2, 0.25) is 17.7 Å². The zero-order chi connectivity index (χ0) is 28.0. The van der Waals surface area contributed by atoms with Crippen molar-refractivity contribution in [3.8, 4) is 5.75 Å². The van der Waals surface area contributed by atoms with E-state index in [1.807, 2.05) is 30.4 Å². The smallest absolute Gasteiger partial charge is 0.246 e. The molecule has 2 aromatic rings. The Hall–Kier alpha value is -3.36. The summed E-state index contributed by atoms with van der Waals surface area (Å²) in [6, 6.07) is 13.5. The maximum absolute atomic E-state index is 14.2. The van der Waals surface area contributed by atoms with E-state index in [1.165, 1.54) is 0 Å². The fourth-order valence-electron chi connectivity index (χ4n) is 6.97. The summed E-state index contributed by atoms with van der Waals surface area (Å²) in [4.78, 5) is 43.6. The Morgan fingerprint density at radius 2 is 1.93 bits per heavy atom. The predicted molar refractivity (Wildman–Crippen MR) is 151 cm³/mol. The van der Waals surface area contributed by atoms with Crippen LogP contribution in [0.4, 0.5) is 5.69 Å². The molecular formula is C31H34ClN3O5. The molecule has 4 aliphatic rings. The number of methoxy groups -OCH3 is 1. The quantitative estimate of drug-likeness (QED) is 0.489. The van der Waals surface area contributed by atoms with E-state index in [9.17, 15) is 14.4 Å². The van der Waals surface area contributed by atoms with Gasteiger partial charge in [-0.3, -0.25) is 14.4 Å². The molecule has 210 valence electrons.